The summed E-state index contributed by atoms with van der Waals surface area (Å²) in [5.41, 5.74) is 6.03. The average molecular weight is 332 g/mol. The fraction of sp³-hybridized carbons (Fsp3) is 0.941. The van der Waals surface area contributed by atoms with Gasteiger partial charge in [0.15, 0.2) is 0 Å². The Labute approximate surface area is 142 Å². The Morgan fingerprint density at radius 2 is 1.91 bits per heavy atom. The highest BCUT2D eigenvalue weighted by Crippen LogP contribution is 2.26. The molecule has 2 unspecified atom stereocenters. The number of likely N-dealkylation sites (tertiary alicyclic amines) is 1. The zero-order valence-electron chi connectivity index (χ0n) is 14.5. The number of carbonyl (C=O) groups excluding carboxylic acids is 1. The lowest BCUT2D eigenvalue weighted by Gasteiger charge is -2.37. The standard InChI is InChI=1S/C17H33N3O.ClH/c1-13-6-8-16(9-7-13)19(3)17(21)12-20-10-4-5-15(11-20)14(2)18;/h13-16H,4-12,18H2,1-3H3;1H. The lowest BCUT2D eigenvalue weighted by Crippen LogP contribution is -2.48. The molecule has 0 radical (unpaired) electrons. The van der Waals surface area contributed by atoms with Crippen molar-refractivity contribution in [3.8, 4) is 0 Å². The van der Waals surface area contributed by atoms with Crippen molar-refractivity contribution in [1.29, 1.82) is 0 Å². The predicted octanol–water partition coefficient (Wildman–Crippen LogP) is 2.50. The molecule has 1 saturated carbocycles. The summed E-state index contributed by atoms with van der Waals surface area (Å²) in [7, 11) is 2.00. The summed E-state index contributed by atoms with van der Waals surface area (Å²) in [6.07, 6.45) is 7.25. The summed E-state index contributed by atoms with van der Waals surface area (Å²) in [5.74, 6) is 1.67. The minimum atomic E-state index is 0. The summed E-state index contributed by atoms with van der Waals surface area (Å²) in [6.45, 7) is 7.01. The third-order valence-corrected chi connectivity index (χ3v) is 5.57. The van der Waals surface area contributed by atoms with Crippen LogP contribution in [0, 0.1) is 11.8 Å². The van der Waals surface area contributed by atoms with Crippen molar-refractivity contribution in [2.75, 3.05) is 26.7 Å². The van der Waals surface area contributed by atoms with E-state index in [1.165, 1.54) is 38.5 Å². The van der Waals surface area contributed by atoms with Gasteiger partial charge in [-0.05, 0) is 63.8 Å². The van der Waals surface area contributed by atoms with Crippen LogP contribution in [0.1, 0.15) is 52.4 Å². The SMILES string of the molecule is CC1CCC(N(C)C(=O)CN2CCCC(C(C)N)C2)CC1.Cl. The molecule has 0 aromatic rings. The maximum Gasteiger partial charge on any atom is 0.236 e. The van der Waals surface area contributed by atoms with Crippen molar-refractivity contribution in [1.82, 2.24) is 9.80 Å². The highest BCUT2D eigenvalue weighted by Gasteiger charge is 2.28. The summed E-state index contributed by atoms with van der Waals surface area (Å²) in [4.78, 5) is 16.8. The monoisotopic (exact) mass is 331 g/mol. The maximum absolute atomic E-state index is 12.5. The van der Waals surface area contributed by atoms with Gasteiger partial charge in [0.1, 0.15) is 0 Å². The number of nitrogens with two attached hydrogens (primary N) is 1. The molecule has 2 fully saturated rings. The van der Waals surface area contributed by atoms with Crippen molar-refractivity contribution >= 4 is 18.3 Å². The molecule has 1 aliphatic heterocycles. The molecular weight excluding hydrogens is 298 g/mol. The Hall–Kier alpha value is -0.320. The second-order valence-corrected chi connectivity index (χ2v) is 7.41. The van der Waals surface area contributed by atoms with Gasteiger partial charge in [-0.25, -0.2) is 0 Å². The van der Waals surface area contributed by atoms with Gasteiger partial charge in [-0.15, -0.1) is 12.4 Å². The van der Waals surface area contributed by atoms with Crippen LogP contribution in [0.4, 0.5) is 0 Å². The quantitative estimate of drug-likeness (QED) is 0.861. The zero-order chi connectivity index (χ0) is 15.4. The van der Waals surface area contributed by atoms with E-state index in [2.05, 4.69) is 18.7 Å². The molecule has 22 heavy (non-hydrogen) atoms. The molecule has 1 aliphatic carbocycles. The van der Waals surface area contributed by atoms with Crippen LogP contribution >= 0.6 is 12.4 Å². The van der Waals surface area contributed by atoms with Gasteiger partial charge >= 0.3 is 0 Å². The minimum absolute atomic E-state index is 0. The molecule has 0 spiro atoms. The van der Waals surface area contributed by atoms with Crippen LogP contribution in [-0.4, -0.2) is 54.5 Å². The molecule has 2 rings (SSSR count). The highest BCUT2D eigenvalue weighted by molar-refractivity contribution is 5.85. The van der Waals surface area contributed by atoms with E-state index in [0.717, 1.165) is 19.0 Å². The van der Waals surface area contributed by atoms with Crippen LogP contribution in [0.25, 0.3) is 0 Å². The van der Waals surface area contributed by atoms with E-state index in [1.807, 2.05) is 11.9 Å². The van der Waals surface area contributed by atoms with Crippen molar-refractivity contribution in [3.05, 3.63) is 0 Å². The van der Waals surface area contributed by atoms with Crippen LogP contribution in [0.3, 0.4) is 0 Å². The molecule has 0 aromatic heterocycles. The first-order chi connectivity index (χ1) is 9.97. The Morgan fingerprint density at radius 3 is 2.50 bits per heavy atom. The molecule has 2 N–H and O–H groups in total. The van der Waals surface area contributed by atoms with Crippen molar-refractivity contribution in [3.63, 3.8) is 0 Å². The first kappa shape index (κ1) is 19.7. The Bertz CT molecular complexity index is 343. The Balaban J connectivity index is 0.00000242. The first-order valence-corrected chi connectivity index (χ1v) is 8.71. The number of hydrogen-bond donors (Lipinski definition) is 1. The summed E-state index contributed by atoms with van der Waals surface area (Å²) < 4.78 is 0. The molecule has 130 valence electrons. The number of nitrogens with zero attached hydrogens (tertiary/aromatic N) is 2. The molecule has 4 nitrogen and oxygen atoms in total. The fourth-order valence-corrected chi connectivity index (χ4v) is 3.80. The molecule has 1 amide bonds. The number of piperidine rings is 1. The molecule has 5 heteroatoms. The third-order valence-electron chi connectivity index (χ3n) is 5.57. The van der Waals surface area contributed by atoms with Crippen molar-refractivity contribution < 1.29 is 4.79 Å². The molecule has 2 aliphatic rings. The largest absolute Gasteiger partial charge is 0.342 e. The maximum atomic E-state index is 12.5. The van der Waals surface area contributed by atoms with Gasteiger partial charge < -0.3 is 10.6 Å². The highest BCUT2D eigenvalue weighted by atomic mass is 35.5. The van der Waals surface area contributed by atoms with E-state index in [1.54, 1.807) is 0 Å². The normalized spacial score (nSPS) is 31.2. The van der Waals surface area contributed by atoms with Crippen LogP contribution in [0.5, 0.6) is 0 Å². The summed E-state index contributed by atoms with van der Waals surface area (Å²) in [6, 6.07) is 0.697. The summed E-state index contributed by atoms with van der Waals surface area (Å²) >= 11 is 0. The molecule has 1 saturated heterocycles. The third kappa shape index (κ3) is 5.39. The van der Waals surface area contributed by atoms with E-state index in [4.69, 9.17) is 5.73 Å². The zero-order valence-corrected chi connectivity index (χ0v) is 15.3. The second-order valence-electron chi connectivity index (χ2n) is 7.41. The van der Waals surface area contributed by atoms with Crippen LogP contribution < -0.4 is 5.73 Å². The predicted molar refractivity (Wildman–Crippen MR) is 94.3 cm³/mol. The van der Waals surface area contributed by atoms with Crippen LogP contribution in [0.15, 0.2) is 0 Å². The van der Waals surface area contributed by atoms with E-state index in [9.17, 15) is 4.79 Å². The number of halogens is 1. The second kappa shape index (κ2) is 9.09. The number of amides is 1. The molecule has 0 aromatic carbocycles. The average Bonchev–Trinajstić information content (AvgIpc) is 2.47. The number of carbonyl (C=O) groups is 1. The topological polar surface area (TPSA) is 49.6 Å². The van der Waals surface area contributed by atoms with Gasteiger partial charge in [-0.3, -0.25) is 9.69 Å². The van der Waals surface area contributed by atoms with Crippen molar-refractivity contribution in [2.24, 2.45) is 17.6 Å². The molecule has 1 heterocycles. The molecular formula is C17H34ClN3O. The number of likely N-dealkylation sites (N-methyl/N-ethyl adjacent to an activating group) is 1. The van der Waals surface area contributed by atoms with E-state index >= 15 is 0 Å². The van der Waals surface area contributed by atoms with Gasteiger partial charge in [0.05, 0.1) is 6.54 Å². The van der Waals surface area contributed by atoms with E-state index < -0.39 is 0 Å². The molecule has 2 atom stereocenters. The van der Waals surface area contributed by atoms with E-state index in [-0.39, 0.29) is 18.4 Å². The van der Waals surface area contributed by atoms with Crippen LogP contribution in [-0.2, 0) is 4.79 Å². The van der Waals surface area contributed by atoms with Gasteiger partial charge in [0, 0.05) is 25.7 Å². The lowest BCUT2D eigenvalue weighted by molar-refractivity contribution is -0.134. The fourth-order valence-electron chi connectivity index (χ4n) is 3.80. The first-order valence-electron chi connectivity index (χ1n) is 8.71. The lowest BCUT2D eigenvalue weighted by atomic mass is 9.86. The van der Waals surface area contributed by atoms with Gasteiger partial charge in [-0.2, -0.15) is 0 Å². The van der Waals surface area contributed by atoms with Crippen LogP contribution in [0.2, 0.25) is 0 Å². The van der Waals surface area contributed by atoms with Gasteiger partial charge in [-0.1, -0.05) is 6.92 Å². The molecule has 0 bridgehead atoms. The Morgan fingerprint density at radius 1 is 1.27 bits per heavy atom. The van der Waals surface area contributed by atoms with Gasteiger partial charge in [0.2, 0.25) is 5.91 Å². The Kier molecular flexibility index (Phi) is 8.15. The number of rotatable bonds is 4. The number of hydrogen-bond acceptors (Lipinski definition) is 3. The van der Waals surface area contributed by atoms with Crippen molar-refractivity contribution in [2.45, 2.75) is 64.5 Å². The smallest absolute Gasteiger partial charge is 0.236 e. The van der Waals surface area contributed by atoms with Gasteiger partial charge in [0.25, 0.3) is 0 Å². The van der Waals surface area contributed by atoms with E-state index in [0.29, 0.717) is 24.4 Å². The minimum Gasteiger partial charge on any atom is -0.342 e. The summed E-state index contributed by atoms with van der Waals surface area (Å²) in [5, 5.41) is 0.